The van der Waals surface area contributed by atoms with Crippen LogP contribution in [-0.4, -0.2) is 10.4 Å². The van der Waals surface area contributed by atoms with Gasteiger partial charge in [-0.25, -0.2) is 0 Å². The van der Waals surface area contributed by atoms with Gasteiger partial charge in [-0.3, -0.25) is 4.98 Å². The van der Waals surface area contributed by atoms with Gasteiger partial charge in [0, 0.05) is 22.5 Å². The van der Waals surface area contributed by atoms with Crippen LogP contribution in [0, 0.1) is 0 Å². The standard InChI is InChI=1S/C10H7NS/c12-7-8-5-9-3-1-2-4-10(9)11-6-8/h1-7H. The second-order valence-electron chi connectivity index (χ2n) is 2.58. The first-order chi connectivity index (χ1) is 5.90. The number of hydrogen-bond donors (Lipinski definition) is 0. The molecule has 1 aromatic carbocycles. The number of nitrogens with zero attached hydrogens (tertiary/aromatic N) is 1. The van der Waals surface area contributed by atoms with Crippen LogP contribution in [0.5, 0.6) is 0 Å². The van der Waals surface area contributed by atoms with E-state index >= 15 is 0 Å². The van der Waals surface area contributed by atoms with Gasteiger partial charge in [-0.15, -0.1) is 0 Å². The molecule has 1 heterocycles. The van der Waals surface area contributed by atoms with E-state index in [1.165, 1.54) is 0 Å². The number of fused-ring (bicyclic) bond motifs is 1. The van der Waals surface area contributed by atoms with Gasteiger partial charge in [0.1, 0.15) is 0 Å². The first kappa shape index (κ1) is 7.37. The van der Waals surface area contributed by atoms with Gasteiger partial charge < -0.3 is 0 Å². The van der Waals surface area contributed by atoms with Crippen molar-refractivity contribution in [1.29, 1.82) is 0 Å². The minimum absolute atomic E-state index is 0.990. The number of aromatic nitrogens is 1. The molecule has 0 bridgehead atoms. The second kappa shape index (κ2) is 2.99. The maximum atomic E-state index is 4.82. The number of rotatable bonds is 1. The Hall–Kier alpha value is -1.28. The van der Waals surface area contributed by atoms with E-state index < -0.39 is 0 Å². The van der Waals surface area contributed by atoms with Crippen LogP contribution in [0.1, 0.15) is 5.56 Å². The summed E-state index contributed by atoms with van der Waals surface area (Å²) in [5.41, 5.74) is 2.00. The molecule has 12 heavy (non-hydrogen) atoms. The van der Waals surface area contributed by atoms with Gasteiger partial charge in [0.15, 0.2) is 0 Å². The zero-order valence-corrected chi connectivity index (χ0v) is 7.21. The summed E-state index contributed by atoms with van der Waals surface area (Å²) in [5, 5.41) is 2.77. The predicted octanol–water partition coefficient (Wildman–Crippen LogP) is 2.58. The average molecular weight is 173 g/mol. The Labute approximate surface area is 76.1 Å². The van der Waals surface area contributed by atoms with Gasteiger partial charge in [0.05, 0.1) is 5.52 Å². The van der Waals surface area contributed by atoms with Crippen molar-refractivity contribution in [3.05, 3.63) is 42.1 Å². The molecular formula is C10H7NS. The number of pyridine rings is 1. The van der Waals surface area contributed by atoms with Gasteiger partial charge in [-0.1, -0.05) is 30.4 Å². The highest BCUT2D eigenvalue weighted by Crippen LogP contribution is 2.11. The quantitative estimate of drug-likeness (QED) is 0.615. The van der Waals surface area contributed by atoms with Crippen LogP contribution < -0.4 is 0 Å². The molecule has 0 saturated carbocycles. The van der Waals surface area contributed by atoms with Crippen LogP contribution in [0.3, 0.4) is 0 Å². The maximum absolute atomic E-state index is 4.82. The Morgan fingerprint density at radius 2 is 2.08 bits per heavy atom. The summed E-state index contributed by atoms with van der Waals surface area (Å²) in [4.78, 5) is 4.25. The van der Waals surface area contributed by atoms with E-state index in [0.29, 0.717) is 0 Å². The lowest BCUT2D eigenvalue weighted by Gasteiger charge is -1.96. The molecule has 1 nitrogen and oxygen atoms in total. The summed E-state index contributed by atoms with van der Waals surface area (Å²) in [5.74, 6) is 0. The van der Waals surface area contributed by atoms with Gasteiger partial charge in [0.2, 0.25) is 0 Å². The number of para-hydroxylation sites is 1. The monoisotopic (exact) mass is 173 g/mol. The van der Waals surface area contributed by atoms with Crippen molar-refractivity contribution in [3.8, 4) is 0 Å². The number of benzene rings is 1. The Morgan fingerprint density at radius 1 is 1.25 bits per heavy atom. The van der Waals surface area contributed by atoms with Crippen LogP contribution in [0.4, 0.5) is 0 Å². The first-order valence-electron chi connectivity index (χ1n) is 3.70. The van der Waals surface area contributed by atoms with Crippen molar-refractivity contribution in [3.63, 3.8) is 0 Å². The van der Waals surface area contributed by atoms with Crippen molar-refractivity contribution < 1.29 is 0 Å². The minimum atomic E-state index is 0.990. The van der Waals surface area contributed by atoms with Gasteiger partial charge >= 0.3 is 0 Å². The van der Waals surface area contributed by atoms with E-state index in [0.717, 1.165) is 16.5 Å². The average Bonchev–Trinajstić information content (AvgIpc) is 2.17. The molecular weight excluding hydrogens is 166 g/mol. The highest BCUT2D eigenvalue weighted by Gasteiger charge is 1.92. The summed E-state index contributed by atoms with van der Waals surface area (Å²) in [6.45, 7) is 0. The van der Waals surface area contributed by atoms with E-state index in [2.05, 4.69) is 4.98 Å². The van der Waals surface area contributed by atoms with E-state index in [4.69, 9.17) is 12.2 Å². The van der Waals surface area contributed by atoms with Crippen LogP contribution in [0.15, 0.2) is 36.5 Å². The van der Waals surface area contributed by atoms with Crippen LogP contribution in [0.2, 0.25) is 0 Å². The van der Waals surface area contributed by atoms with Gasteiger partial charge in [-0.2, -0.15) is 0 Å². The van der Waals surface area contributed by atoms with Crippen molar-refractivity contribution in [2.75, 3.05) is 0 Å². The molecule has 0 aliphatic rings. The summed E-state index contributed by atoms with van der Waals surface area (Å²) in [6.07, 6.45) is 1.79. The summed E-state index contributed by atoms with van der Waals surface area (Å²) < 4.78 is 0. The molecule has 0 N–H and O–H groups in total. The van der Waals surface area contributed by atoms with Crippen molar-refractivity contribution >= 4 is 28.5 Å². The number of hydrogen-bond acceptors (Lipinski definition) is 2. The van der Waals surface area contributed by atoms with E-state index in [-0.39, 0.29) is 0 Å². The second-order valence-corrected chi connectivity index (χ2v) is 2.81. The molecule has 0 saturated heterocycles. The third-order valence-corrected chi connectivity index (χ3v) is 2.02. The summed E-state index contributed by atoms with van der Waals surface area (Å²) >= 11 is 4.82. The molecule has 2 rings (SSSR count). The summed E-state index contributed by atoms with van der Waals surface area (Å²) in [7, 11) is 0. The Morgan fingerprint density at radius 3 is 2.92 bits per heavy atom. The fourth-order valence-corrected chi connectivity index (χ4v) is 1.28. The largest absolute Gasteiger partial charge is 0.256 e. The molecule has 2 heteroatoms. The molecule has 0 spiro atoms. The Bertz CT molecular complexity index is 423. The van der Waals surface area contributed by atoms with Crippen LogP contribution in [0.25, 0.3) is 10.9 Å². The topological polar surface area (TPSA) is 12.9 Å². The van der Waals surface area contributed by atoms with Crippen LogP contribution in [-0.2, 0) is 0 Å². The third-order valence-electron chi connectivity index (χ3n) is 1.75. The highest BCUT2D eigenvalue weighted by molar-refractivity contribution is 7.79. The van der Waals surface area contributed by atoms with Crippen molar-refractivity contribution in [2.45, 2.75) is 0 Å². The first-order valence-corrected chi connectivity index (χ1v) is 4.17. The maximum Gasteiger partial charge on any atom is 0.0702 e. The zero-order valence-electron chi connectivity index (χ0n) is 6.40. The van der Waals surface area contributed by atoms with Crippen molar-refractivity contribution in [2.24, 2.45) is 0 Å². The molecule has 0 unspecified atom stereocenters. The molecule has 0 radical (unpaired) electrons. The highest BCUT2D eigenvalue weighted by atomic mass is 32.1. The fraction of sp³-hybridized carbons (Fsp3) is 0. The normalized spacial score (nSPS) is 10.0. The molecule has 2 aromatic rings. The summed E-state index contributed by atoms with van der Waals surface area (Å²) in [6, 6.07) is 10.0. The van der Waals surface area contributed by atoms with Gasteiger partial charge in [-0.05, 0) is 12.1 Å². The Kier molecular flexibility index (Phi) is 1.84. The van der Waals surface area contributed by atoms with Gasteiger partial charge in [0.25, 0.3) is 0 Å². The minimum Gasteiger partial charge on any atom is -0.256 e. The van der Waals surface area contributed by atoms with E-state index in [9.17, 15) is 0 Å². The molecule has 0 amide bonds. The molecule has 58 valence electrons. The van der Waals surface area contributed by atoms with E-state index in [1.54, 1.807) is 11.6 Å². The fourth-order valence-electron chi connectivity index (χ4n) is 1.15. The van der Waals surface area contributed by atoms with Crippen LogP contribution >= 0.6 is 12.2 Å². The lowest BCUT2D eigenvalue weighted by molar-refractivity contribution is 1.41. The predicted molar refractivity (Wildman–Crippen MR) is 54.5 cm³/mol. The molecule has 0 aliphatic carbocycles. The van der Waals surface area contributed by atoms with E-state index in [1.807, 2.05) is 30.3 Å². The molecule has 0 aliphatic heterocycles. The zero-order chi connectivity index (χ0) is 8.39. The smallest absolute Gasteiger partial charge is 0.0702 e. The Balaban J connectivity index is 2.75. The lowest BCUT2D eigenvalue weighted by atomic mass is 10.2. The molecule has 1 aromatic heterocycles. The lowest BCUT2D eigenvalue weighted by Crippen LogP contribution is -1.82. The van der Waals surface area contributed by atoms with Crippen molar-refractivity contribution in [1.82, 2.24) is 4.98 Å². The SMILES string of the molecule is S=Cc1cnc2ccccc2c1. The molecule has 0 atom stereocenters. The number of thiocarbonyl (C=S) groups is 1. The molecule has 0 fully saturated rings. The third kappa shape index (κ3) is 1.21.